The van der Waals surface area contributed by atoms with Gasteiger partial charge in [-0.1, -0.05) is 103 Å². The maximum atomic E-state index is 2.43. The lowest BCUT2D eigenvalue weighted by atomic mass is 9.82. The monoisotopic (exact) mass is 475 g/mol. The van der Waals surface area contributed by atoms with Crippen LogP contribution < -0.4 is 4.90 Å². The van der Waals surface area contributed by atoms with Gasteiger partial charge in [0.2, 0.25) is 0 Å². The quantitative estimate of drug-likeness (QED) is 0.229. The zero-order chi connectivity index (χ0) is 24.6. The number of anilines is 3. The van der Waals surface area contributed by atoms with E-state index < -0.39 is 0 Å². The van der Waals surface area contributed by atoms with E-state index in [1.54, 1.807) is 5.56 Å². The number of rotatable bonds is 4. The number of hydrogen-bond acceptors (Lipinski definition) is 1. The van der Waals surface area contributed by atoms with Crippen LogP contribution in [0.1, 0.15) is 24.0 Å². The first-order valence-electron chi connectivity index (χ1n) is 13.3. The Labute approximate surface area is 218 Å². The highest BCUT2D eigenvalue weighted by Crippen LogP contribution is 2.48. The standard InChI is InChI=1S/C36H29N/c1-3-16-27(17-4-1)37(28-18-5-2-6-19-28)36-33-23-11-9-21-31(33)35(32-22-10-12-24-34(32)36)30-25-13-15-26-14-7-8-20-29(26)30/h1-6,9-13,15-19,21-25H,7-8,14,20H2. The average Bonchev–Trinajstić information content (AvgIpc) is 2.98. The molecule has 1 heteroatoms. The van der Waals surface area contributed by atoms with E-state index in [0.29, 0.717) is 0 Å². The summed E-state index contributed by atoms with van der Waals surface area (Å²) in [6.07, 6.45) is 4.91. The Morgan fingerprint density at radius 3 is 1.54 bits per heavy atom. The second kappa shape index (κ2) is 9.26. The van der Waals surface area contributed by atoms with Crippen molar-refractivity contribution in [3.8, 4) is 11.1 Å². The topological polar surface area (TPSA) is 3.24 Å². The fraction of sp³-hybridized carbons (Fsp3) is 0.111. The highest BCUT2D eigenvalue weighted by Gasteiger charge is 2.23. The Bertz CT molecular complexity index is 1620. The number of nitrogens with zero attached hydrogens (tertiary/aromatic N) is 1. The van der Waals surface area contributed by atoms with E-state index in [2.05, 4.69) is 132 Å². The Hall–Kier alpha value is -4.36. The van der Waals surface area contributed by atoms with Gasteiger partial charge in [0.1, 0.15) is 0 Å². The summed E-state index contributed by atoms with van der Waals surface area (Å²) < 4.78 is 0. The van der Waals surface area contributed by atoms with E-state index in [0.717, 1.165) is 17.8 Å². The number of benzene rings is 6. The van der Waals surface area contributed by atoms with E-state index >= 15 is 0 Å². The Morgan fingerprint density at radius 1 is 0.432 bits per heavy atom. The lowest BCUT2D eigenvalue weighted by Gasteiger charge is -2.30. The van der Waals surface area contributed by atoms with E-state index in [-0.39, 0.29) is 0 Å². The molecule has 7 rings (SSSR count). The molecule has 0 bridgehead atoms. The van der Waals surface area contributed by atoms with Crippen LogP contribution in [0.5, 0.6) is 0 Å². The van der Waals surface area contributed by atoms with Gasteiger partial charge in [-0.3, -0.25) is 0 Å². The van der Waals surface area contributed by atoms with E-state index in [1.807, 2.05) is 0 Å². The molecule has 0 aliphatic heterocycles. The molecule has 0 atom stereocenters. The van der Waals surface area contributed by atoms with Crippen LogP contribution in [0.4, 0.5) is 17.1 Å². The normalized spacial score (nSPS) is 13.0. The highest BCUT2D eigenvalue weighted by atomic mass is 15.1. The van der Waals surface area contributed by atoms with Crippen LogP contribution in [-0.2, 0) is 12.8 Å². The molecule has 0 saturated heterocycles. The second-order valence-electron chi connectivity index (χ2n) is 9.97. The average molecular weight is 476 g/mol. The molecule has 0 amide bonds. The maximum Gasteiger partial charge on any atom is 0.0618 e. The van der Waals surface area contributed by atoms with Gasteiger partial charge in [-0.05, 0) is 83.0 Å². The van der Waals surface area contributed by atoms with Crippen molar-refractivity contribution in [1.82, 2.24) is 0 Å². The second-order valence-corrected chi connectivity index (χ2v) is 9.97. The van der Waals surface area contributed by atoms with Crippen LogP contribution in [0.15, 0.2) is 127 Å². The van der Waals surface area contributed by atoms with Crippen LogP contribution in [-0.4, -0.2) is 0 Å². The molecule has 178 valence electrons. The van der Waals surface area contributed by atoms with Crippen LogP contribution in [0.2, 0.25) is 0 Å². The molecule has 0 N–H and O–H groups in total. The molecule has 1 aliphatic rings. The number of fused-ring (bicyclic) bond motifs is 3. The van der Waals surface area contributed by atoms with Gasteiger partial charge < -0.3 is 4.90 Å². The van der Waals surface area contributed by atoms with Crippen molar-refractivity contribution >= 4 is 38.6 Å². The molecule has 1 aliphatic carbocycles. The molecule has 0 aromatic heterocycles. The largest absolute Gasteiger partial charge is 0.309 e. The van der Waals surface area contributed by atoms with Gasteiger partial charge in [-0.15, -0.1) is 0 Å². The Balaban J connectivity index is 1.62. The molecular weight excluding hydrogens is 446 g/mol. The molecular formula is C36H29N. The summed E-state index contributed by atoms with van der Waals surface area (Å²) in [7, 11) is 0. The molecule has 0 fully saturated rings. The first-order valence-corrected chi connectivity index (χ1v) is 13.3. The first-order chi connectivity index (χ1) is 18.4. The summed E-state index contributed by atoms with van der Waals surface area (Å²) in [5.74, 6) is 0. The molecule has 0 radical (unpaired) electrons. The van der Waals surface area contributed by atoms with E-state index in [9.17, 15) is 0 Å². The smallest absolute Gasteiger partial charge is 0.0618 e. The molecule has 37 heavy (non-hydrogen) atoms. The minimum Gasteiger partial charge on any atom is -0.309 e. The number of aryl methyl sites for hydroxylation is 1. The minimum absolute atomic E-state index is 1.16. The van der Waals surface area contributed by atoms with Crippen molar-refractivity contribution in [3.63, 3.8) is 0 Å². The van der Waals surface area contributed by atoms with Crippen LogP contribution in [0.3, 0.4) is 0 Å². The summed E-state index contributed by atoms with van der Waals surface area (Å²) >= 11 is 0. The minimum atomic E-state index is 1.16. The molecule has 0 saturated carbocycles. The zero-order valence-corrected chi connectivity index (χ0v) is 20.9. The maximum absolute atomic E-state index is 2.43. The molecule has 0 spiro atoms. The first kappa shape index (κ1) is 21.9. The summed E-state index contributed by atoms with van der Waals surface area (Å²) in [6.45, 7) is 0. The van der Waals surface area contributed by atoms with Crippen LogP contribution in [0.25, 0.3) is 32.7 Å². The van der Waals surface area contributed by atoms with Crippen molar-refractivity contribution in [2.45, 2.75) is 25.7 Å². The van der Waals surface area contributed by atoms with Crippen LogP contribution >= 0.6 is 0 Å². The summed E-state index contributed by atoms with van der Waals surface area (Å²) in [5, 5.41) is 5.17. The van der Waals surface area contributed by atoms with Crippen molar-refractivity contribution in [2.24, 2.45) is 0 Å². The van der Waals surface area contributed by atoms with Gasteiger partial charge in [-0.2, -0.15) is 0 Å². The van der Waals surface area contributed by atoms with Gasteiger partial charge in [-0.25, -0.2) is 0 Å². The van der Waals surface area contributed by atoms with Crippen molar-refractivity contribution < 1.29 is 0 Å². The SMILES string of the molecule is c1ccc(N(c2ccccc2)c2c3ccccc3c(-c3cccc4c3CCCC4)c3ccccc23)cc1. The third kappa shape index (κ3) is 3.70. The highest BCUT2D eigenvalue weighted by molar-refractivity contribution is 6.22. The fourth-order valence-electron chi connectivity index (χ4n) is 6.21. The lowest BCUT2D eigenvalue weighted by Crippen LogP contribution is -2.11. The number of hydrogen-bond donors (Lipinski definition) is 0. The molecule has 6 aromatic rings. The summed E-state index contributed by atoms with van der Waals surface area (Å²) in [6, 6.07) is 46.4. The molecule has 0 heterocycles. The van der Waals surface area contributed by atoms with Gasteiger partial charge in [0.25, 0.3) is 0 Å². The van der Waals surface area contributed by atoms with E-state index in [4.69, 9.17) is 0 Å². The molecule has 1 nitrogen and oxygen atoms in total. The van der Waals surface area contributed by atoms with Gasteiger partial charge in [0, 0.05) is 22.1 Å². The zero-order valence-electron chi connectivity index (χ0n) is 20.9. The Morgan fingerprint density at radius 2 is 0.946 bits per heavy atom. The summed E-state index contributed by atoms with van der Waals surface area (Å²) in [4.78, 5) is 2.43. The third-order valence-corrected chi connectivity index (χ3v) is 7.82. The van der Waals surface area contributed by atoms with Crippen molar-refractivity contribution in [3.05, 3.63) is 139 Å². The van der Waals surface area contributed by atoms with Crippen LogP contribution in [0, 0.1) is 0 Å². The van der Waals surface area contributed by atoms with E-state index in [1.165, 1.54) is 63.2 Å². The van der Waals surface area contributed by atoms with Crippen molar-refractivity contribution in [1.29, 1.82) is 0 Å². The lowest BCUT2D eigenvalue weighted by molar-refractivity contribution is 0.687. The summed E-state index contributed by atoms with van der Waals surface area (Å²) in [5.41, 5.74) is 9.40. The predicted octanol–water partition coefficient (Wildman–Crippen LogP) is 10.0. The third-order valence-electron chi connectivity index (χ3n) is 7.82. The Kier molecular flexibility index (Phi) is 5.48. The molecule has 6 aromatic carbocycles. The van der Waals surface area contributed by atoms with Gasteiger partial charge >= 0.3 is 0 Å². The fourth-order valence-corrected chi connectivity index (χ4v) is 6.21. The molecule has 0 unspecified atom stereocenters. The van der Waals surface area contributed by atoms with Gasteiger partial charge in [0.05, 0.1) is 5.69 Å². The van der Waals surface area contributed by atoms with Crippen molar-refractivity contribution in [2.75, 3.05) is 4.90 Å². The van der Waals surface area contributed by atoms with Gasteiger partial charge in [0.15, 0.2) is 0 Å². The predicted molar refractivity (Wildman–Crippen MR) is 158 cm³/mol. The number of para-hydroxylation sites is 2.